The number of aromatic nitrogens is 2. The number of amides is 2. The van der Waals surface area contributed by atoms with Gasteiger partial charge in [-0.3, -0.25) is 10.3 Å². The van der Waals surface area contributed by atoms with Crippen LogP contribution in [0.2, 0.25) is 0 Å². The number of nitrogens with one attached hydrogen (secondary N) is 2. The van der Waals surface area contributed by atoms with Gasteiger partial charge in [0.25, 0.3) is 0 Å². The molecule has 2 N–H and O–H groups in total. The highest BCUT2D eigenvalue weighted by Gasteiger charge is 2.07. The molecule has 92 valence electrons. The number of nitrogens with zero attached hydrogens (tertiary/aromatic N) is 2. The molecule has 0 aliphatic carbocycles. The molecular weight excluding hydrogens is 248 g/mol. The van der Waals surface area contributed by atoms with Crippen LogP contribution in [0.4, 0.5) is 9.93 Å². The molecule has 5 nitrogen and oxygen atoms in total. The van der Waals surface area contributed by atoms with E-state index in [1.54, 1.807) is 12.3 Å². The maximum absolute atomic E-state index is 11.4. The average Bonchev–Trinajstić information content (AvgIpc) is 2.86. The summed E-state index contributed by atoms with van der Waals surface area (Å²) in [6.45, 7) is 3.94. The van der Waals surface area contributed by atoms with Crippen molar-refractivity contribution in [3.8, 4) is 11.4 Å². The molecule has 18 heavy (non-hydrogen) atoms. The highest BCUT2D eigenvalue weighted by molar-refractivity contribution is 7.14. The molecule has 0 aromatic carbocycles. The monoisotopic (exact) mass is 260 g/mol. The van der Waals surface area contributed by atoms with Crippen molar-refractivity contribution >= 4 is 22.5 Å². The van der Waals surface area contributed by atoms with Gasteiger partial charge < -0.3 is 5.32 Å². The zero-order chi connectivity index (χ0) is 12.8. The van der Waals surface area contributed by atoms with Crippen molar-refractivity contribution in [2.75, 3.05) is 11.9 Å². The molecule has 0 saturated carbocycles. The van der Waals surface area contributed by atoms with Gasteiger partial charge in [0, 0.05) is 18.1 Å². The van der Waals surface area contributed by atoms with E-state index in [1.807, 2.05) is 23.6 Å². The third-order valence-corrected chi connectivity index (χ3v) is 2.82. The molecular formula is C12H12N4OS. The molecule has 6 heteroatoms. The van der Waals surface area contributed by atoms with Gasteiger partial charge in [0.05, 0.1) is 5.69 Å². The van der Waals surface area contributed by atoms with Crippen LogP contribution >= 0.6 is 11.3 Å². The van der Waals surface area contributed by atoms with Crippen LogP contribution in [-0.4, -0.2) is 22.5 Å². The van der Waals surface area contributed by atoms with Crippen molar-refractivity contribution in [3.05, 3.63) is 42.4 Å². The molecule has 0 aliphatic rings. The Morgan fingerprint density at radius 2 is 2.33 bits per heavy atom. The minimum absolute atomic E-state index is 0.295. The van der Waals surface area contributed by atoms with Crippen molar-refractivity contribution in [2.24, 2.45) is 0 Å². The van der Waals surface area contributed by atoms with E-state index in [4.69, 9.17) is 0 Å². The fourth-order valence-electron chi connectivity index (χ4n) is 1.27. The van der Waals surface area contributed by atoms with Gasteiger partial charge in [-0.1, -0.05) is 12.1 Å². The van der Waals surface area contributed by atoms with E-state index in [2.05, 4.69) is 27.2 Å². The fraction of sp³-hybridized carbons (Fsp3) is 0.0833. The summed E-state index contributed by atoms with van der Waals surface area (Å²) in [5, 5.41) is 7.65. The third kappa shape index (κ3) is 3.14. The van der Waals surface area contributed by atoms with Gasteiger partial charge in [-0.25, -0.2) is 9.78 Å². The summed E-state index contributed by atoms with van der Waals surface area (Å²) in [5.74, 6) is 0. The van der Waals surface area contributed by atoms with Crippen molar-refractivity contribution < 1.29 is 4.79 Å². The first-order chi connectivity index (χ1) is 8.79. The van der Waals surface area contributed by atoms with Gasteiger partial charge in [0.2, 0.25) is 0 Å². The maximum Gasteiger partial charge on any atom is 0.321 e. The zero-order valence-corrected chi connectivity index (χ0v) is 10.4. The lowest BCUT2D eigenvalue weighted by Gasteiger charge is -2.01. The van der Waals surface area contributed by atoms with E-state index < -0.39 is 0 Å². The smallest absolute Gasteiger partial charge is 0.321 e. The number of hydrogen-bond acceptors (Lipinski definition) is 4. The van der Waals surface area contributed by atoms with E-state index in [0.717, 1.165) is 11.4 Å². The summed E-state index contributed by atoms with van der Waals surface area (Å²) in [6, 6.07) is 5.32. The predicted octanol–water partition coefficient (Wildman–Crippen LogP) is 2.51. The van der Waals surface area contributed by atoms with Crippen LogP contribution in [0.1, 0.15) is 0 Å². The molecule has 2 heterocycles. The Hall–Kier alpha value is -2.21. The lowest BCUT2D eigenvalue weighted by atomic mass is 10.3. The van der Waals surface area contributed by atoms with Crippen LogP contribution in [0.3, 0.4) is 0 Å². The van der Waals surface area contributed by atoms with Crippen molar-refractivity contribution in [1.29, 1.82) is 0 Å². The second-order valence-electron chi connectivity index (χ2n) is 3.38. The van der Waals surface area contributed by atoms with Crippen molar-refractivity contribution in [2.45, 2.75) is 0 Å². The summed E-state index contributed by atoms with van der Waals surface area (Å²) >= 11 is 1.36. The van der Waals surface area contributed by atoms with E-state index >= 15 is 0 Å². The molecule has 0 bridgehead atoms. The minimum atomic E-state index is -0.295. The Kier molecular flexibility index (Phi) is 4.03. The highest BCUT2D eigenvalue weighted by atomic mass is 32.1. The van der Waals surface area contributed by atoms with Gasteiger partial charge >= 0.3 is 6.03 Å². The second-order valence-corrected chi connectivity index (χ2v) is 4.23. The zero-order valence-electron chi connectivity index (χ0n) is 9.59. The molecule has 0 radical (unpaired) electrons. The molecule has 2 aromatic rings. The standard InChI is InChI=1S/C12H12N4OS/c1-2-6-14-11(17)16-12-15-10(8-18-12)9-5-3-4-7-13-9/h2-5,7-8H,1,6H2,(H2,14,15,16,17). The van der Waals surface area contributed by atoms with E-state index in [1.165, 1.54) is 11.3 Å². The summed E-state index contributed by atoms with van der Waals surface area (Å²) in [4.78, 5) is 19.9. The van der Waals surface area contributed by atoms with Crippen LogP contribution in [0, 0.1) is 0 Å². The number of thiazole rings is 1. The maximum atomic E-state index is 11.4. The number of carbonyl (C=O) groups excluding carboxylic acids is 1. The first kappa shape index (κ1) is 12.3. The normalized spacial score (nSPS) is 9.78. The Labute approximate surface area is 109 Å². The Morgan fingerprint density at radius 1 is 1.44 bits per heavy atom. The third-order valence-electron chi connectivity index (χ3n) is 2.06. The van der Waals surface area contributed by atoms with Crippen molar-refractivity contribution in [3.63, 3.8) is 0 Å². The number of pyridine rings is 1. The number of hydrogen-bond donors (Lipinski definition) is 2. The lowest BCUT2D eigenvalue weighted by Crippen LogP contribution is -2.28. The number of urea groups is 1. The fourth-order valence-corrected chi connectivity index (χ4v) is 1.97. The van der Waals surface area contributed by atoms with Gasteiger partial charge in [-0.2, -0.15) is 0 Å². The molecule has 0 aliphatic heterocycles. The number of anilines is 1. The molecule has 0 spiro atoms. The first-order valence-corrected chi connectivity index (χ1v) is 6.20. The van der Waals surface area contributed by atoms with Gasteiger partial charge in [-0.05, 0) is 12.1 Å². The SMILES string of the molecule is C=CCNC(=O)Nc1nc(-c2ccccn2)cs1. The van der Waals surface area contributed by atoms with Crippen LogP contribution in [0.5, 0.6) is 0 Å². The first-order valence-electron chi connectivity index (χ1n) is 5.32. The van der Waals surface area contributed by atoms with Crippen LogP contribution in [0.15, 0.2) is 42.4 Å². The number of carbonyl (C=O) groups is 1. The van der Waals surface area contributed by atoms with Crippen LogP contribution in [0.25, 0.3) is 11.4 Å². The van der Waals surface area contributed by atoms with Gasteiger partial charge in [0.15, 0.2) is 5.13 Å². The van der Waals surface area contributed by atoms with Gasteiger partial charge in [0.1, 0.15) is 5.69 Å². The van der Waals surface area contributed by atoms with Crippen LogP contribution in [-0.2, 0) is 0 Å². The molecule has 0 saturated heterocycles. The number of rotatable bonds is 4. The highest BCUT2D eigenvalue weighted by Crippen LogP contribution is 2.22. The summed E-state index contributed by atoms with van der Waals surface area (Å²) in [5.41, 5.74) is 1.54. The van der Waals surface area contributed by atoms with Crippen LogP contribution < -0.4 is 10.6 Å². The summed E-state index contributed by atoms with van der Waals surface area (Å²) < 4.78 is 0. The summed E-state index contributed by atoms with van der Waals surface area (Å²) in [6.07, 6.45) is 3.32. The van der Waals surface area contributed by atoms with E-state index in [0.29, 0.717) is 11.7 Å². The second kappa shape index (κ2) is 5.92. The lowest BCUT2D eigenvalue weighted by molar-refractivity contribution is 0.253. The predicted molar refractivity (Wildman–Crippen MR) is 72.6 cm³/mol. The molecule has 2 rings (SSSR count). The topological polar surface area (TPSA) is 66.9 Å². The van der Waals surface area contributed by atoms with E-state index in [-0.39, 0.29) is 6.03 Å². The van der Waals surface area contributed by atoms with Gasteiger partial charge in [-0.15, -0.1) is 17.9 Å². The summed E-state index contributed by atoms with van der Waals surface area (Å²) in [7, 11) is 0. The molecule has 0 fully saturated rings. The Bertz CT molecular complexity index is 538. The minimum Gasteiger partial charge on any atom is -0.334 e. The molecule has 0 atom stereocenters. The quantitative estimate of drug-likeness (QED) is 0.830. The molecule has 2 amide bonds. The van der Waals surface area contributed by atoms with Crippen molar-refractivity contribution in [1.82, 2.24) is 15.3 Å². The largest absolute Gasteiger partial charge is 0.334 e. The Balaban J connectivity index is 2.02. The molecule has 2 aromatic heterocycles. The average molecular weight is 260 g/mol. The molecule has 0 unspecified atom stereocenters. The van der Waals surface area contributed by atoms with E-state index in [9.17, 15) is 4.79 Å². The Morgan fingerprint density at radius 3 is 3.06 bits per heavy atom.